The lowest BCUT2D eigenvalue weighted by Crippen LogP contribution is -2.44. The number of allylic oxidation sites excluding steroid dienone is 2. The van der Waals surface area contributed by atoms with Crippen LogP contribution in [0.3, 0.4) is 0 Å². The Morgan fingerprint density at radius 3 is 2.78 bits per heavy atom. The van der Waals surface area contributed by atoms with Crippen LogP contribution in [-0.2, 0) is 16.6 Å². The number of morpholine rings is 1. The van der Waals surface area contributed by atoms with Crippen molar-refractivity contribution in [1.82, 2.24) is 19.7 Å². The second-order valence-electron chi connectivity index (χ2n) is 7.51. The Labute approximate surface area is 137 Å². The highest BCUT2D eigenvalue weighted by atomic mass is 16.5. The van der Waals surface area contributed by atoms with Crippen molar-refractivity contribution in [2.45, 2.75) is 33.8 Å². The highest BCUT2D eigenvalue weighted by Gasteiger charge is 2.61. The first kappa shape index (κ1) is 16.2. The van der Waals surface area contributed by atoms with Crippen molar-refractivity contribution < 1.29 is 9.53 Å². The normalized spacial score (nSPS) is 29.3. The zero-order chi connectivity index (χ0) is 16.8. The molecule has 2 heterocycles. The molecule has 0 N–H and O–H groups in total. The van der Waals surface area contributed by atoms with Crippen LogP contribution in [0.4, 0.5) is 0 Å². The number of aromatic nitrogens is 3. The molecular formula is C17H26N4O2. The minimum absolute atomic E-state index is 0.0485. The van der Waals surface area contributed by atoms with Crippen LogP contribution in [0.1, 0.15) is 39.6 Å². The average Bonchev–Trinajstić information content (AvgIpc) is 2.83. The molecule has 23 heavy (non-hydrogen) atoms. The predicted octanol–water partition coefficient (Wildman–Crippen LogP) is 1.95. The van der Waals surface area contributed by atoms with E-state index in [1.807, 2.05) is 16.5 Å². The van der Waals surface area contributed by atoms with Crippen molar-refractivity contribution in [2.24, 2.45) is 24.3 Å². The number of nitrogens with zero attached hydrogens (tertiary/aromatic N) is 4. The van der Waals surface area contributed by atoms with Gasteiger partial charge in [-0.1, -0.05) is 25.5 Å². The fourth-order valence-corrected chi connectivity index (χ4v) is 3.61. The number of amides is 1. The average molecular weight is 318 g/mol. The van der Waals surface area contributed by atoms with Gasteiger partial charge in [0, 0.05) is 13.6 Å². The summed E-state index contributed by atoms with van der Waals surface area (Å²) < 4.78 is 7.65. The molecule has 1 aromatic rings. The van der Waals surface area contributed by atoms with E-state index in [-0.39, 0.29) is 23.3 Å². The summed E-state index contributed by atoms with van der Waals surface area (Å²) in [7, 11) is 1.90. The van der Waals surface area contributed by atoms with Gasteiger partial charge in [-0.15, -0.1) is 10.2 Å². The van der Waals surface area contributed by atoms with E-state index in [0.717, 1.165) is 5.82 Å². The first-order valence-corrected chi connectivity index (χ1v) is 8.21. The topological polar surface area (TPSA) is 60.3 Å². The van der Waals surface area contributed by atoms with E-state index in [2.05, 4.69) is 44.0 Å². The van der Waals surface area contributed by atoms with E-state index in [9.17, 15) is 4.79 Å². The maximum absolute atomic E-state index is 13.0. The summed E-state index contributed by atoms with van der Waals surface area (Å²) >= 11 is 0. The summed E-state index contributed by atoms with van der Waals surface area (Å²) in [6.07, 6.45) is 3.71. The number of carbonyl (C=O) groups excluding carboxylic acids is 1. The molecule has 2 fully saturated rings. The molecule has 1 amide bonds. The summed E-state index contributed by atoms with van der Waals surface area (Å²) in [6.45, 7) is 10.3. The van der Waals surface area contributed by atoms with E-state index in [1.165, 1.54) is 5.57 Å². The fraction of sp³-hybridized carbons (Fsp3) is 0.706. The molecule has 126 valence electrons. The summed E-state index contributed by atoms with van der Waals surface area (Å²) in [5.41, 5.74) is 1.32. The van der Waals surface area contributed by atoms with Gasteiger partial charge in [-0.25, -0.2) is 0 Å². The van der Waals surface area contributed by atoms with Gasteiger partial charge in [0.25, 0.3) is 0 Å². The Morgan fingerprint density at radius 1 is 1.43 bits per heavy atom. The smallest absolute Gasteiger partial charge is 0.227 e. The Morgan fingerprint density at radius 2 is 2.17 bits per heavy atom. The molecular weight excluding hydrogens is 292 g/mol. The first-order valence-electron chi connectivity index (χ1n) is 8.21. The number of hydrogen-bond acceptors (Lipinski definition) is 4. The molecule has 0 spiro atoms. The lowest BCUT2D eigenvalue weighted by atomic mass is 10.1. The molecule has 0 bridgehead atoms. The maximum atomic E-state index is 13.0. The third-order valence-electron chi connectivity index (χ3n) is 5.10. The summed E-state index contributed by atoms with van der Waals surface area (Å²) in [6, 6.07) is 0. The summed E-state index contributed by atoms with van der Waals surface area (Å²) in [4.78, 5) is 14.9. The lowest BCUT2D eigenvalue weighted by molar-refractivity contribution is -0.141. The van der Waals surface area contributed by atoms with E-state index < -0.39 is 0 Å². The third-order valence-corrected chi connectivity index (χ3v) is 5.10. The summed E-state index contributed by atoms with van der Waals surface area (Å²) in [5.74, 6) is 1.44. The largest absolute Gasteiger partial charge is 0.366 e. The monoisotopic (exact) mass is 318 g/mol. The number of aryl methyl sites for hydroxylation is 1. The molecule has 0 radical (unpaired) electrons. The van der Waals surface area contributed by atoms with Crippen LogP contribution in [0.5, 0.6) is 0 Å². The van der Waals surface area contributed by atoms with Crippen LogP contribution in [0.15, 0.2) is 18.0 Å². The molecule has 1 aromatic heterocycles. The minimum atomic E-state index is -0.191. The van der Waals surface area contributed by atoms with Crippen LogP contribution in [-0.4, -0.2) is 45.3 Å². The molecule has 1 saturated heterocycles. The zero-order valence-corrected chi connectivity index (χ0v) is 14.6. The zero-order valence-electron chi connectivity index (χ0n) is 14.6. The highest BCUT2D eigenvalue weighted by Crippen LogP contribution is 2.60. The van der Waals surface area contributed by atoms with Gasteiger partial charge in [0.15, 0.2) is 5.82 Å². The molecule has 6 nitrogen and oxygen atoms in total. The van der Waals surface area contributed by atoms with Gasteiger partial charge in [0.05, 0.1) is 19.1 Å². The quantitative estimate of drug-likeness (QED) is 0.799. The van der Waals surface area contributed by atoms with Crippen molar-refractivity contribution in [3.05, 3.63) is 23.8 Å². The van der Waals surface area contributed by atoms with E-state index >= 15 is 0 Å². The van der Waals surface area contributed by atoms with Gasteiger partial charge >= 0.3 is 0 Å². The molecule has 2 aliphatic rings. The molecule has 1 saturated carbocycles. The molecule has 0 aromatic carbocycles. The van der Waals surface area contributed by atoms with Crippen LogP contribution >= 0.6 is 0 Å². The van der Waals surface area contributed by atoms with Gasteiger partial charge < -0.3 is 14.2 Å². The van der Waals surface area contributed by atoms with Crippen LogP contribution in [0.25, 0.3) is 0 Å². The summed E-state index contributed by atoms with van der Waals surface area (Å²) in [5, 5.41) is 8.02. The molecule has 3 rings (SSSR count). The van der Waals surface area contributed by atoms with Gasteiger partial charge in [-0.2, -0.15) is 0 Å². The highest BCUT2D eigenvalue weighted by molar-refractivity contribution is 5.84. The fourth-order valence-electron chi connectivity index (χ4n) is 3.61. The number of rotatable bonds is 3. The van der Waals surface area contributed by atoms with Crippen molar-refractivity contribution in [3.8, 4) is 0 Å². The molecule has 1 aliphatic carbocycles. The van der Waals surface area contributed by atoms with Crippen molar-refractivity contribution in [1.29, 1.82) is 0 Å². The Bertz CT molecular complexity index is 630. The van der Waals surface area contributed by atoms with Crippen LogP contribution in [0, 0.1) is 17.3 Å². The standard InChI is InChI=1S/C17H26N4O2/c1-11(2)8-12-14(17(12,3)4)16(22)21-6-7-23-13(9-21)15-19-18-10-20(15)5/h8,10,12-14H,6-7,9H2,1-5H3/t12-,13-,14-/m1/s1. The van der Waals surface area contributed by atoms with Gasteiger partial charge in [0.1, 0.15) is 12.4 Å². The molecule has 0 unspecified atom stereocenters. The Hall–Kier alpha value is -1.69. The third kappa shape index (κ3) is 2.92. The van der Waals surface area contributed by atoms with Gasteiger partial charge in [-0.05, 0) is 25.2 Å². The minimum Gasteiger partial charge on any atom is -0.366 e. The van der Waals surface area contributed by atoms with Gasteiger partial charge in [-0.3, -0.25) is 4.79 Å². The van der Waals surface area contributed by atoms with Crippen molar-refractivity contribution in [2.75, 3.05) is 19.7 Å². The Kier molecular flexibility index (Phi) is 4.04. The number of ether oxygens (including phenoxy) is 1. The molecule has 1 aliphatic heterocycles. The van der Waals surface area contributed by atoms with Crippen LogP contribution < -0.4 is 0 Å². The Balaban J connectivity index is 1.71. The van der Waals surface area contributed by atoms with E-state index in [0.29, 0.717) is 25.6 Å². The lowest BCUT2D eigenvalue weighted by Gasteiger charge is -2.32. The number of hydrogen-bond donors (Lipinski definition) is 0. The maximum Gasteiger partial charge on any atom is 0.227 e. The number of carbonyl (C=O) groups is 1. The van der Waals surface area contributed by atoms with Crippen LogP contribution in [0.2, 0.25) is 0 Å². The second kappa shape index (κ2) is 5.74. The molecule has 3 atom stereocenters. The SMILES string of the molecule is CC(C)=C[C@@H]1[C@H](C(=O)N2CCO[C@@H](c3nncn3C)C2)C1(C)C. The first-order chi connectivity index (χ1) is 10.8. The van der Waals surface area contributed by atoms with Crippen molar-refractivity contribution >= 4 is 5.91 Å². The predicted molar refractivity (Wildman–Crippen MR) is 86.5 cm³/mol. The van der Waals surface area contributed by atoms with Gasteiger partial charge in [0.2, 0.25) is 5.91 Å². The second-order valence-corrected chi connectivity index (χ2v) is 7.51. The molecule has 6 heteroatoms. The van der Waals surface area contributed by atoms with E-state index in [4.69, 9.17) is 4.74 Å². The van der Waals surface area contributed by atoms with E-state index in [1.54, 1.807) is 6.33 Å². The van der Waals surface area contributed by atoms with Crippen molar-refractivity contribution in [3.63, 3.8) is 0 Å².